The second-order valence-electron chi connectivity index (χ2n) is 10.7. The quantitative estimate of drug-likeness (QED) is 0.206. The average Bonchev–Trinajstić information content (AvgIpc) is 3.45. The number of H-pyrrole nitrogens is 1. The molecule has 2 aromatic carbocycles. The first-order chi connectivity index (χ1) is 19.4. The van der Waals surface area contributed by atoms with Crippen molar-refractivity contribution >= 4 is 28.9 Å². The fourth-order valence-electron chi connectivity index (χ4n) is 5.28. The number of benzene rings is 2. The number of ketones is 1. The molecular weight excluding hydrogens is 498 g/mol. The molecule has 7 nitrogen and oxygen atoms in total. The summed E-state index contributed by atoms with van der Waals surface area (Å²) in [5.41, 5.74) is 6.53. The van der Waals surface area contributed by atoms with Crippen LogP contribution >= 0.6 is 0 Å². The molecule has 206 valence electrons. The van der Waals surface area contributed by atoms with Crippen LogP contribution in [0.2, 0.25) is 0 Å². The van der Waals surface area contributed by atoms with E-state index in [0.717, 1.165) is 61.9 Å². The van der Waals surface area contributed by atoms with Crippen molar-refractivity contribution in [3.63, 3.8) is 0 Å². The molecule has 0 spiro atoms. The van der Waals surface area contributed by atoms with Crippen molar-refractivity contribution < 1.29 is 9.59 Å². The first-order valence-corrected chi connectivity index (χ1v) is 14.0. The smallest absolute Gasteiger partial charge is 0.298 e. The van der Waals surface area contributed by atoms with E-state index in [4.69, 9.17) is 4.98 Å². The second kappa shape index (κ2) is 12.2. The third-order valence-electron chi connectivity index (χ3n) is 7.59. The Labute approximate surface area is 236 Å². The minimum Gasteiger partial charge on any atom is -0.368 e. The van der Waals surface area contributed by atoms with Crippen molar-refractivity contribution in [3.8, 4) is 0 Å². The minimum atomic E-state index is -0.645. The zero-order valence-electron chi connectivity index (χ0n) is 23.5. The molecule has 7 heteroatoms. The maximum atomic E-state index is 12.8. The highest BCUT2D eigenvalue weighted by atomic mass is 16.2. The van der Waals surface area contributed by atoms with Gasteiger partial charge in [0.2, 0.25) is 0 Å². The lowest BCUT2D eigenvalue weighted by Crippen LogP contribution is -2.46. The Morgan fingerprint density at radius 2 is 1.60 bits per heavy atom. The van der Waals surface area contributed by atoms with E-state index in [2.05, 4.69) is 70.3 Å². The lowest BCUT2D eigenvalue weighted by molar-refractivity contribution is -0.112. The van der Waals surface area contributed by atoms with E-state index in [9.17, 15) is 9.59 Å². The molecule has 1 atom stereocenters. The molecule has 2 aromatic heterocycles. The van der Waals surface area contributed by atoms with Gasteiger partial charge < -0.3 is 20.1 Å². The van der Waals surface area contributed by atoms with Gasteiger partial charge in [-0.3, -0.25) is 9.59 Å². The van der Waals surface area contributed by atoms with Crippen LogP contribution in [0.25, 0.3) is 0 Å². The number of aromatic nitrogens is 2. The van der Waals surface area contributed by atoms with E-state index in [0.29, 0.717) is 17.3 Å². The van der Waals surface area contributed by atoms with Crippen LogP contribution in [0.1, 0.15) is 52.3 Å². The van der Waals surface area contributed by atoms with Crippen molar-refractivity contribution in [2.75, 3.05) is 41.3 Å². The maximum Gasteiger partial charge on any atom is 0.298 e. The summed E-state index contributed by atoms with van der Waals surface area (Å²) in [4.78, 5) is 37.9. The summed E-state index contributed by atoms with van der Waals surface area (Å²) in [5.74, 6) is 0.236. The fourth-order valence-corrected chi connectivity index (χ4v) is 5.28. The Balaban J connectivity index is 1.11. The average molecular weight is 536 g/mol. The summed E-state index contributed by atoms with van der Waals surface area (Å²) in [6.45, 7) is 9.90. The van der Waals surface area contributed by atoms with Crippen molar-refractivity contribution in [3.05, 3.63) is 107 Å². The largest absolute Gasteiger partial charge is 0.368 e. The van der Waals surface area contributed by atoms with Gasteiger partial charge in [0.15, 0.2) is 0 Å². The summed E-state index contributed by atoms with van der Waals surface area (Å²) in [6, 6.07) is 25.9. The first kappa shape index (κ1) is 27.2. The molecule has 2 N–H and O–H groups in total. The van der Waals surface area contributed by atoms with Gasteiger partial charge >= 0.3 is 0 Å². The number of nitrogens with zero attached hydrogens (tertiary/aromatic N) is 3. The van der Waals surface area contributed by atoms with Crippen LogP contribution in [-0.4, -0.2) is 47.8 Å². The molecule has 1 aliphatic rings. The van der Waals surface area contributed by atoms with Gasteiger partial charge in [-0.1, -0.05) is 37.3 Å². The SMILES string of the molecule is Cc1cc(C)nc(N2CCN(c3ccc(NC(=O)C(=O)c4ccc(CCC(C)c5ccccc5)[nH]4)cc3)CC2)c1. The molecule has 0 bridgehead atoms. The van der Waals surface area contributed by atoms with E-state index >= 15 is 0 Å². The summed E-state index contributed by atoms with van der Waals surface area (Å²) in [7, 11) is 0. The number of hydrogen-bond donors (Lipinski definition) is 2. The van der Waals surface area contributed by atoms with Crippen LogP contribution in [-0.2, 0) is 11.2 Å². The number of pyridine rings is 1. The lowest BCUT2D eigenvalue weighted by atomic mass is 9.96. The first-order valence-electron chi connectivity index (χ1n) is 14.0. The summed E-state index contributed by atoms with van der Waals surface area (Å²) in [5, 5.41) is 2.75. The fraction of sp³-hybridized carbons (Fsp3) is 0.303. The Morgan fingerprint density at radius 3 is 2.30 bits per heavy atom. The molecule has 4 aromatic rings. The highest BCUT2D eigenvalue weighted by molar-refractivity contribution is 6.46. The number of carbonyl (C=O) groups is 2. The van der Waals surface area contributed by atoms with E-state index < -0.39 is 11.7 Å². The number of carbonyl (C=O) groups excluding carboxylic acids is 2. The number of piperazine rings is 1. The number of amides is 1. The molecule has 1 fully saturated rings. The molecule has 0 radical (unpaired) electrons. The molecule has 40 heavy (non-hydrogen) atoms. The van der Waals surface area contributed by atoms with Gasteiger partial charge in [0.05, 0.1) is 5.69 Å². The van der Waals surface area contributed by atoms with Crippen LogP contribution in [0.3, 0.4) is 0 Å². The molecular formula is C33H37N5O2. The predicted molar refractivity (Wildman–Crippen MR) is 162 cm³/mol. The molecule has 1 saturated heterocycles. The standard InChI is InChI=1S/C33H37N5O2/c1-23-21-25(3)34-31(22-23)38-19-17-37(18-20-38)29-14-11-28(12-15-29)36-33(40)32(39)30-16-13-27(35-30)10-9-24(2)26-7-5-4-6-8-26/h4-8,11-16,21-22,24,35H,9-10,17-20H2,1-3H3,(H,36,40). The topological polar surface area (TPSA) is 81.3 Å². The van der Waals surface area contributed by atoms with E-state index in [1.54, 1.807) is 6.07 Å². The summed E-state index contributed by atoms with van der Waals surface area (Å²) in [6.07, 6.45) is 1.76. The van der Waals surface area contributed by atoms with Gasteiger partial charge in [-0.15, -0.1) is 0 Å². The number of anilines is 3. The Hall–Kier alpha value is -4.39. The monoisotopic (exact) mass is 535 g/mol. The number of rotatable bonds is 9. The Kier molecular flexibility index (Phi) is 8.29. The van der Waals surface area contributed by atoms with Crippen molar-refractivity contribution in [1.82, 2.24) is 9.97 Å². The third-order valence-corrected chi connectivity index (χ3v) is 7.59. The van der Waals surface area contributed by atoms with Crippen molar-refractivity contribution in [2.24, 2.45) is 0 Å². The Morgan fingerprint density at radius 1 is 0.900 bits per heavy atom. The summed E-state index contributed by atoms with van der Waals surface area (Å²) < 4.78 is 0. The number of nitrogens with one attached hydrogen (secondary N) is 2. The maximum absolute atomic E-state index is 12.8. The highest BCUT2D eigenvalue weighted by Crippen LogP contribution is 2.23. The number of Topliss-reactive ketones (excluding diaryl/α,β-unsaturated/α-hetero) is 1. The predicted octanol–water partition coefficient (Wildman–Crippen LogP) is 5.91. The molecule has 1 unspecified atom stereocenters. The van der Waals surface area contributed by atoms with Gasteiger partial charge in [0, 0.05) is 48.9 Å². The lowest BCUT2D eigenvalue weighted by Gasteiger charge is -2.37. The zero-order valence-corrected chi connectivity index (χ0v) is 23.5. The van der Waals surface area contributed by atoms with Gasteiger partial charge in [-0.2, -0.15) is 0 Å². The van der Waals surface area contributed by atoms with Crippen molar-refractivity contribution in [2.45, 2.75) is 39.5 Å². The molecule has 5 rings (SSSR count). The third kappa shape index (κ3) is 6.60. The zero-order chi connectivity index (χ0) is 28.1. The highest BCUT2D eigenvalue weighted by Gasteiger charge is 2.21. The van der Waals surface area contributed by atoms with E-state index in [1.165, 1.54) is 11.1 Å². The van der Waals surface area contributed by atoms with Crippen molar-refractivity contribution in [1.29, 1.82) is 0 Å². The second-order valence-corrected chi connectivity index (χ2v) is 10.7. The van der Waals surface area contributed by atoms with Gasteiger partial charge in [0.1, 0.15) is 5.82 Å². The van der Waals surface area contributed by atoms with Crippen LogP contribution in [0.5, 0.6) is 0 Å². The van der Waals surface area contributed by atoms with Crippen LogP contribution in [0, 0.1) is 13.8 Å². The number of hydrogen-bond acceptors (Lipinski definition) is 5. The molecule has 0 aliphatic carbocycles. The molecule has 0 saturated carbocycles. The van der Waals surface area contributed by atoms with E-state index in [-0.39, 0.29) is 0 Å². The molecule has 1 aliphatic heterocycles. The van der Waals surface area contributed by atoms with Gasteiger partial charge in [-0.05, 0) is 92.3 Å². The molecule has 1 amide bonds. The molecule has 3 heterocycles. The minimum absolute atomic E-state index is 0.313. The summed E-state index contributed by atoms with van der Waals surface area (Å²) >= 11 is 0. The van der Waals surface area contributed by atoms with Gasteiger partial charge in [0.25, 0.3) is 11.7 Å². The van der Waals surface area contributed by atoms with Gasteiger partial charge in [-0.25, -0.2) is 4.98 Å². The van der Waals surface area contributed by atoms with Crippen LogP contribution < -0.4 is 15.1 Å². The van der Waals surface area contributed by atoms with Crippen LogP contribution in [0.15, 0.2) is 78.9 Å². The number of aryl methyl sites for hydroxylation is 3. The van der Waals surface area contributed by atoms with Crippen LogP contribution in [0.4, 0.5) is 17.2 Å². The number of aromatic amines is 1. The normalized spacial score (nSPS) is 14.2. The Bertz CT molecular complexity index is 1430. The van der Waals surface area contributed by atoms with E-state index in [1.807, 2.05) is 43.3 Å².